The quantitative estimate of drug-likeness (QED) is 0.812. The number of carbonyl (C=O) groups is 1. The minimum atomic E-state index is -4.17. The van der Waals surface area contributed by atoms with Gasteiger partial charge in [-0.2, -0.15) is 13.2 Å². The Labute approximate surface area is 124 Å². The summed E-state index contributed by atoms with van der Waals surface area (Å²) in [5.74, 6) is 0.651. The second kappa shape index (κ2) is 7.98. The first kappa shape index (κ1) is 18.2. The predicted molar refractivity (Wildman–Crippen MR) is 75.7 cm³/mol. The Morgan fingerprint density at radius 1 is 1.19 bits per heavy atom. The number of rotatable bonds is 6. The zero-order chi connectivity index (χ0) is 16.0. The molecule has 1 saturated heterocycles. The van der Waals surface area contributed by atoms with Gasteiger partial charge in [-0.05, 0) is 24.8 Å². The first-order valence-electron chi connectivity index (χ1n) is 7.48. The number of amides is 1. The highest BCUT2D eigenvalue weighted by atomic mass is 19.4. The van der Waals surface area contributed by atoms with Crippen molar-refractivity contribution in [2.24, 2.45) is 17.6 Å². The third kappa shape index (κ3) is 7.13. The molecule has 0 radical (unpaired) electrons. The predicted octanol–water partition coefficient (Wildman–Crippen LogP) is 1.70. The van der Waals surface area contributed by atoms with Gasteiger partial charge in [0.1, 0.15) is 0 Å². The lowest BCUT2D eigenvalue weighted by Crippen LogP contribution is -2.51. The first-order valence-corrected chi connectivity index (χ1v) is 7.48. The van der Waals surface area contributed by atoms with Crippen molar-refractivity contribution < 1.29 is 18.0 Å². The fraction of sp³-hybridized carbons (Fsp3) is 0.929. The lowest BCUT2D eigenvalue weighted by atomic mass is 9.93. The fourth-order valence-corrected chi connectivity index (χ4v) is 2.71. The van der Waals surface area contributed by atoms with Crippen LogP contribution in [0.5, 0.6) is 0 Å². The highest BCUT2D eigenvalue weighted by Crippen LogP contribution is 2.19. The van der Waals surface area contributed by atoms with Gasteiger partial charge >= 0.3 is 6.18 Å². The topological polar surface area (TPSA) is 49.6 Å². The molecular weight excluding hydrogens is 283 g/mol. The molecule has 7 heteroatoms. The number of hydrogen-bond donors (Lipinski definition) is 1. The molecule has 4 nitrogen and oxygen atoms in total. The molecule has 1 amide bonds. The largest absolute Gasteiger partial charge is 0.401 e. The Morgan fingerprint density at radius 3 is 2.19 bits per heavy atom. The molecule has 21 heavy (non-hydrogen) atoms. The van der Waals surface area contributed by atoms with E-state index < -0.39 is 12.7 Å². The molecule has 0 aliphatic carbocycles. The van der Waals surface area contributed by atoms with Gasteiger partial charge in [0.2, 0.25) is 5.91 Å². The third-order valence-corrected chi connectivity index (χ3v) is 3.73. The molecule has 124 valence electrons. The molecule has 2 N–H and O–H groups in total. The van der Waals surface area contributed by atoms with Crippen LogP contribution >= 0.6 is 0 Å². The minimum Gasteiger partial charge on any atom is -0.340 e. The van der Waals surface area contributed by atoms with E-state index >= 15 is 0 Å². The van der Waals surface area contributed by atoms with E-state index in [-0.39, 0.29) is 24.9 Å². The summed E-state index contributed by atoms with van der Waals surface area (Å²) in [4.78, 5) is 15.2. The van der Waals surface area contributed by atoms with Crippen molar-refractivity contribution in [2.75, 3.05) is 39.3 Å². The number of hydrogen-bond acceptors (Lipinski definition) is 3. The third-order valence-electron chi connectivity index (χ3n) is 3.73. The van der Waals surface area contributed by atoms with Crippen LogP contribution < -0.4 is 5.73 Å². The summed E-state index contributed by atoms with van der Waals surface area (Å²) >= 11 is 0. The maximum absolute atomic E-state index is 12.3. The van der Waals surface area contributed by atoms with Gasteiger partial charge in [0.15, 0.2) is 0 Å². The van der Waals surface area contributed by atoms with Crippen molar-refractivity contribution in [3.8, 4) is 0 Å². The maximum Gasteiger partial charge on any atom is 0.401 e. The Balaban J connectivity index is 2.37. The van der Waals surface area contributed by atoms with Crippen LogP contribution in [0.4, 0.5) is 13.2 Å². The number of nitrogens with zero attached hydrogens (tertiary/aromatic N) is 2. The normalized spacial score (nSPS) is 19.1. The second-order valence-electron chi connectivity index (χ2n) is 6.21. The van der Waals surface area contributed by atoms with Crippen molar-refractivity contribution in [2.45, 2.75) is 32.9 Å². The number of carbonyl (C=O) groups excluding carboxylic acids is 1. The van der Waals surface area contributed by atoms with Crippen LogP contribution in [0.15, 0.2) is 0 Å². The highest BCUT2D eigenvalue weighted by Gasteiger charge is 2.33. The van der Waals surface area contributed by atoms with Crippen LogP contribution in [0, 0.1) is 11.8 Å². The van der Waals surface area contributed by atoms with Gasteiger partial charge in [-0.1, -0.05) is 13.8 Å². The minimum absolute atomic E-state index is 0.0118. The van der Waals surface area contributed by atoms with Crippen molar-refractivity contribution >= 4 is 5.91 Å². The monoisotopic (exact) mass is 309 g/mol. The zero-order valence-electron chi connectivity index (χ0n) is 12.8. The summed E-state index contributed by atoms with van der Waals surface area (Å²) in [6.07, 6.45) is -2.88. The highest BCUT2D eigenvalue weighted by molar-refractivity contribution is 5.76. The van der Waals surface area contributed by atoms with Gasteiger partial charge in [-0.25, -0.2) is 0 Å². The lowest BCUT2D eigenvalue weighted by molar-refractivity contribution is -0.152. The number of piperazine rings is 1. The molecular formula is C14H26F3N3O. The van der Waals surface area contributed by atoms with Crippen molar-refractivity contribution in [3.05, 3.63) is 0 Å². The number of halogens is 3. The molecule has 1 unspecified atom stereocenters. The average molecular weight is 309 g/mol. The van der Waals surface area contributed by atoms with Crippen LogP contribution in [0.2, 0.25) is 0 Å². The summed E-state index contributed by atoms with van der Waals surface area (Å²) in [5.41, 5.74) is 5.69. The van der Waals surface area contributed by atoms with Gasteiger partial charge in [0.05, 0.1) is 6.54 Å². The summed E-state index contributed by atoms with van der Waals surface area (Å²) in [6.45, 7) is 5.05. The molecule has 0 aromatic carbocycles. The van der Waals surface area contributed by atoms with Gasteiger partial charge in [-0.15, -0.1) is 0 Å². The Kier molecular flexibility index (Phi) is 6.93. The fourth-order valence-electron chi connectivity index (χ4n) is 2.71. The molecule has 0 aromatic heterocycles. The van der Waals surface area contributed by atoms with Crippen molar-refractivity contribution in [1.29, 1.82) is 0 Å². The Hall–Kier alpha value is -0.820. The maximum atomic E-state index is 12.3. The van der Waals surface area contributed by atoms with E-state index in [1.165, 1.54) is 4.90 Å². The molecule has 0 bridgehead atoms. The molecule has 0 aromatic rings. The van der Waals surface area contributed by atoms with Gasteiger partial charge < -0.3 is 10.6 Å². The van der Waals surface area contributed by atoms with E-state index in [0.29, 0.717) is 32.0 Å². The standard InChI is InChI=1S/C14H26F3N3O/c1-11(2)7-12(9-18)8-13(21)20-5-3-19(4-6-20)10-14(15,16)17/h11-12H,3-10,18H2,1-2H3. The lowest BCUT2D eigenvalue weighted by Gasteiger charge is -2.35. The van der Waals surface area contributed by atoms with Crippen molar-refractivity contribution in [1.82, 2.24) is 9.80 Å². The van der Waals surface area contributed by atoms with E-state index in [9.17, 15) is 18.0 Å². The molecule has 1 fully saturated rings. The van der Waals surface area contributed by atoms with Crippen LogP contribution in [0.1, 0.15) is 26.7 Å². The Bertz CT molecular complexity index is 326. The SMILES string of the molecule is CC(C)CC(CN)CC(=O)N1CCN(CC(F)(F)F)CC1. The van der Waals surface area contributed by atoms with E-state index in [4.69, 9.17) is 5.73 Å². The van der Waals surface area contributed by atoms with Crippen LogP contribution in [0.25, 0.3) is 0 Å². The molecule has 1 aliphatic heterocycles. The summed E-state index contributed by atoms with van der Waals surface area (Å²) in [5, 5.41) is 0. The van der Waals surface area contributed by atoms with Crippen LogP contribution in [-0.2, 0) is 4.79 Å². The zero-order valence-corrected chi connectivity index (χ0v) is 12.8. The number of alkyl halides is 3. The van der Waals surface area contributed by atoms with E-state index in [1.807, 2.05) is 0 Å². The van der Waals surface area contributed by atoms with E-state index in [2.05, 4.69) is 13.8 Å². The summed E-state index contributed by atoms with van der Waals surface area (Å²) < 4.78 is 36.9. The second-order valence-corrected chi connectivity index (χ2v) is 6.21. The van der Waals surface area contributed by atoms with E-state index in [0.717, 1.165) is 6.42 Å². The molecule has 1 rings (SSSR count). The summed E-state index contributed by atoms with van der Waals surface area (Å²) in [7, 11) is 0. The average Bonchev–Trinajstić information content (AvgIpc) is 2.36. The molecule has 0 spiro atoms. The molecule has 1 aliphatic rings. The smallest absolute Gasteiger partial charge is 0.340 e. The van der Waals surface area contributed by atoms with Crippen molar-refractivity contribution in [3.63, 3.8) is 0 Å². The van der Waals surface area contributed by atoms with E-state index in [1.54, 1.807) is 4.90 Å². The van der Waals surface area contributed by atoms with Gasteiger partial charge in [0, 0.05) is 32.6 Å². The Morgan fingerprint density at radius 2 is 1.76 bits per heavy atom. The molecule has 1 atom stereocenters. The number of nitrogens with two attached hydrogens (primary N) is 1. The van der Waals surface area contributed by atoms with Gasteiger partial charge in [0.25, 0.3) is 0 Å². The van der Waals surface area contributed by atoms with Crippen LogP contribution in [0.3, 0.4) is 0 Å². The first-order chi connectivity index (χ1) is 9.71. The van der Waals surface area contributed by atoms with Gasteiger partial charge in [-0.3, -0.25) is 9.69 Å². The summed E-state index contributed by atoms with van der Waals surface area (Å²) in [6, 6.07) is 0. The van der Waals surface area contributed by atoms with Crippen LogP contribution in [-0.4, -0.2) is 61.2 Å². The molecule has 1 heterocycles. The molecule has 0 saturated carbocycles.